The van der Waals surface area contributed by atoms with E-state index in [0.29, 0.717) is 12.0 Å². The normalized spacial score (nSPS) is 12.6. The van der Waals surface area contributed by atoms with Crippen molar-refractivity contribution in [2.75, 3.05) is 0 Å². The third-order valence-electron chi connectivity index (χ3n) is 4.52. The van der Waals surface area contributed by atoms with Gasteiger partial charge in [-0.25, -0.2) is 0 Å². The number of nitrogens with one attached hydrogen (secondary N) is 1. The Morgan fingerprint density at radius 2 is 1.59 bits per heavy atom. The zero-order chi connectivity index (χ0) is 19.5. The summed E-state index contributed by atoms with van der Waals surface area (Å²) >= 11 is 0. The minimum atomic E-state index is -0.681. The van der Waals surface area contributed by atoms with E-state index in [2.05, 4.69) is 11.4 Å². The number of nitriles is 1. The molecule has 0 aliphatic rings. The molecule has 4 heteroatoms. The molecule has 0 heterocycles. The lowest BCUT2D eigenvalue weighted by molar-refractivity contribution is -0.121. The second kappa shape index (κ2) is 10.9. The number of carbonyl (C=O) groups is 2. The zero-order valence-electron chi connectivity index (χ0n) is 15.7. The van der Waals surface area contributed by atoms with Crippen molar-refractivity contribution in [1.29, 1.82) is 5.26 Å². The monoisotopic (exact) mass is 362 g/mol. The van der Waals surface area contributed by atoms with Crippen molar-refractivity contribution < 1.29 is 9.59 Å². The van der Waals surface area contributed by atoms with Crippen LogP contribution in [0.1, 0.15) is 61.0 Å². The van der Waals surface area contributed by atoms with Gasteiger partial charge < -0.3 is 5.32 Å². The molecule has 0 aliphatic heterocycles. The SMILES string of the molecule is CC(C#N)CCCCCC(=O)N[C@H](C(=O)c1ccccc1)c1ccccc1. The van der Waals surface area contributed by atoms with Gasteiger partial charge in [-0.15, -0.1) is 0 Å². The molecule has 0 radical (unpaired) electrons. The van der Waals surface area contributed by atoms with Gasteiger partial charge in [0, 0.05) is 17.9 Å². The van der Waals surface area contributed by atoms with Crippen molar-refractivity contribution in [2.24, 2.45) is 5.92 Å². The Morgan fingerprint density at radius 3 is 2.22 bits per heavy atom. The van der Waals surface area contributed by atoms with Gasteiger partial charge in [-0.05, 0) is 25.3 Å². The average molecular weight is 362 g/mol. The molecule has 0 bridgehead atoms. The highest BCUT2D eigenvalue weighted by atomic mass is 16.2. The fourth-order valence-electron chi connectivity index (χ4n) is 2.93. The highest BCUT2D eigenvalue weighted by Gasteiger charge is 2.23. The largest absolute Gasteiger partial charge is 0.342 e. The summed E-state index contributed by atoms with van der Waals surface area (Å²) in [5.41, 5.74) is 1.36. The number of ketones is 1. The predicted molar refractivity (Wildman–Crippen MR) is 106 cm³/mol. The number of hydrogen-bond acceptors (Lipinski definition) is 3. The average Bonchev–Trinajstić information content (AvgIpc) is 2.72. The second-order valence-electron chi connectivity index (χ2n) is 6.77. The molecule has 0 aliphatic carbocycles. The molecule has 1 N–H and O–H groups in total. The number of benzene rings is 2. The van der Waals surface area contributed by atoms with Gasteiger partial charge in [-0.3, -0.25) is 9.59 Å². The highest BCUT2D eigenvalue weighted by molar-refractivity contribution is 6.02. The van der Waals surface area contributed by atoms with Crippen molar-refractivity contribution in [3.8, 4) is 6.07 Å². The first-order valence-corrected chi connectivity index (χ1v) is 9.45. The molecule has 0 aromatic heterocycles. The Hall–Kier alpha value is -2.93. The molecule has 1 unspecified atom stereocenters. The number of nitrogens with zero attached hydrogens (tertiary/aromatic N) is 1. The van der Waals surface area contributed by atoms with Crippen molar-refractivity contribution in [3.05, 3.63) is 71.8 Å². The molecule has 1 amide bonds. The fourth-order valence-corrected chi connectivity index (χ4v) is 2.93. The van der Waals surface area contributed by atoms with Crippen LogP contribution < -0.4 is 5.32 Å². The molecule has 4 nitrogen and oxygen atoms in total. The summed E-state index contributed by atoms with van der Waals surface area (Å²) in [7, 11) is 0. The van der Waals surface area contributed by atoms with E-state index < -0.39 is 6.04 Å². The number of hydrogen-bond donors (Lipinski definition) is 1. The summed E-state index contributed by atoms with van der Waals surface area (Å²) in [6, 6.07) is 19.9. The number of carbonyl (C=O) groups excluding carboxylic acids is 2. The molecule has 2 aromatic carbocycles. The molecular formula is C23H26N2O2. The Bertz CT molecular complexity index is 766. The van der Waals surface area contributed by atoms with E-state index in [4.69, 9.17) is 5.26 Å². The van der Waals surface area contributed by atoms with Crippen LogP contribution in [-0.2, 0) is 4.79 Å². The molecule has 0 saturated carbocycles. The van der Waals surface area contributed by atoms with Crippen LogP contribution in [0, 0.1) is 17.2 Å². The lowest BCUT2D eigenvalue weighted by Crippen LogP contribution is -2.33. The minimum Gasteiger partial charge on any atom is -0.342 e. The summed E-state index contributed by atoms with van der Waals surface area (Å²) in [4.78, 5) is 25.3. The van der Waals surface area contributed by atoms with E-state index in [1.54, 1.807) is 12.1 Å². The van der Waals surface area contributed by atoms with Crippen molar-refractivity contribution in [1.82, 2.24) is 5.32 Å². The molecule has 0 saturated heterocycles. The smallest absolute Gasteiger partial charge is 0.220 e. The van der Waals surface area contributed by atoms with Gasteiger partial charge >= 0.3 is 0 Å². The Labute approximate surface area is 161 Å². The third-order valence-corrected chi connectivity index (χ3v) is 4.52. The molecular weight excluding hydrogens is 336 g/mol. The lowest BCUT2D eigenvalue weighted by Gasteiger charge is -2.18. The van der Waals surface area contributed by atoms with Crippen LogP contribution in [0.25, 0.3) is 0 Å². The van der Waals surface area contributed by atoms with Gasteiger partial charge in [0.2, 0.25) is 5.91 Å². The maximum atomic E-state index is 12.9. The second-order valence-corrected chi connectivity index (χ2v) is 6.77. The zero-order valence-corrected chi connectivity index (χ0v) is 15.7. The number of unbranched alkanes of at least 4 members (excludes halogenated alkanes) is 2. The summed E-state index contributed by atoms with van der Waals surface area (Å²) < 4.78 is 0. The van der Waals surface area contributed by atoms with Crippen molar-refractivity contribution >= 4 is 11.7 Å². The predicted octanol–water partition coefficient (Wildman–Crippen LogP) is 4.84. The maximum Gasteiger partial charge on any atom is 0.220 e. The first-order chi connectivity index (χ1) is 13.1. The molecule has 0 fully saturated rings. The van der Waals surface area contributed by atoms with E-state index in [0.717, 1.165) is 31.2 Å². The van der Waals surface area contributed by atoms with E-state index in [1.807, 2.05) is 55.5 Å². The first-order valence-electron chi connectivity index (χ1n) is 9.45. The molecule has 2 rings (SSSR count). The van der Waals surface area contributed by atoms with E-state index >= 15 is 0 Å². The molecule has 27 heavy (non-hydrogen) atoms. The Balaban J connectivity index is 1.95. The van der Waals surface area contributed by atoms with Gasteiger partial charge in [-0.2, -0.15) is 5.26 Å². The van der Waals surface area contributed by atoms with Crippen LogP contribution >= 0.6 is 0 Å². The molecule has 0 spiro atoms. The first kappa shape index (κ1) is 20.4. The van der Waals surface area contributed by atoms with Gasteiger partial charge in [-0.1, -0.05) is 73.5 Å². The maximum absolute atomic E-state index is 12.9. The number of rotatable bonds is 10. The highest BCUT2D eigenvalue weighted by Crippen LogP contribution is 2.19. The Morgan fingerprint density at radius 1 is 0.963 bits per heavy atom. The third kappa shape index (κ3) is 6.71. The van der Waals surface area contributed by atoms with Crippen LogP contribution in [0.15, 0.2) is 60.7 Å². The quantitative estimate of drug-likeness (QED) is 0.486. The minimum absolute atomic E-state index is 0.0600. The van der Waals surface area contributed by atoms with Crippen molar-refractivity contribution in [2.45, 2.75) is 45.1 Å². The van der Waals surface area contributed by atoms with Crippen LogP contribution in [0.4, 0.5) is 0 Å². The van der Waals surface area contributed by atoms with Gasteiger partial charge in [0.05, 0.1) is 6.07 Å². The van der Waals surface area contributed by atoms with Crippen LogP contribution in [0.3, 0.4) is 0 Å². The molecule has 140 valence electrons. The van der Waals surface area contributed by atoms with Crippen LogP contribution in [-0.4, -0.2) is 11.7 Å². The van der Waals surface area contributed by atoms with E-state index in [1.165, 1.54) is 0 Å². The Kier molecular flexibility index (Phi) is 8.25. The van der Waals surface area contributed by atoms with Crippen LogP contribution in [0.2, 0.25) is 0 Å². The van der Waals surface area contributed by atoms with Gasteiger partial charge in [0.25, 0.3) is 0 Å². The number of amides is 1. The summed E-state index contributed by atoms with van der Waals surface area (Å²) in [6.45, 7) is 1.91. The topological polar surface area (TPSA) is 70.0 Å². The van der Waals surface area contributed by atoms with Gasteiger partial charge in [0.15, 0.2) is 5.78 Å². The molecule has 2 atom stereocenters. The summed E-state index contributed by atoms with van der Waals surface area (Å²) in [6.07, 6.45) is 3.84. The van der Waals surface area contributed by atoms with Crippen molar-refractivity contribution in [3.63, 3.8) is 0 Å². The lowest BCUT2D eigenvalue weighted by atomic mass is 9.97. The van der Waals surface area contributed by atoms with E-state index in [9.17, 15) is 9.59 Å². The fraction of sp³-hybridized carbons (Fsp3) is 0.348. The van der Waals surface area contributed by atoms with Gasteiger partial charge in [0.1, 0.15) is 6.04 Å². The van der Waals surface area contributed by atoms with Crippen LogP contribution in [0.5, 0.6) is 0 Å². The van der Waals surface area contributed by atoms with E-state index in [-0.39, 0.29) is 17.6 Å². The molecule has 2 aromatic rings. The number of Topliss-reactive ketones (excluding diaryl/α,β-unsaturated/α-hetero) is 1. The standard InChI is InChI=1S/C23H26N2O2/c1-18(17-24)11-5-2-10-16-21(26)25-22(19-12-6-3-7-13-19)23(27)20-14-8-4-9-15-20/h3-4,6-9,12-15,18,22H,2,5,10-11,16H2,1H3,(H,25,26)/t18?,22-/m0/s1. The summed E-state index contributed by atoms with van der Waals surface area (Å²) in [5, 5.41) is 11.7. The summed E-state index contributed by atoms with van der Waals surface area (Å²) in [5.74, 6) is -0.177.